The van der Waals surface area contributed by atoms with Gasteiger partial charge in [0.2, 0.25) is 0 Å². The van der Waals surface area contributed by atoms with Gasteiger partial charge in [-0.1, -0.05) is 6.92 Å². The zero-order valence-electron chi connectivity index (χ0n) is 6.44. The molecule has 0 aromatic carbocycles. The third-order valence-corrected chi connectivity index (χ3v) is 1.09. The van der Waals surface area contributed by atoms with Crippen molar-refractivity contribution in [2.75, 3.05) is 6.61 Å². The van der Waals surface area contributed by atoms with Crippen LogP contribution in [0.25, 0.3) is 0 Å². The fraction of sp³-hybridized carbons (Fsp3) is 0.714. The highest BCUT2D eigenvalue weighted by Crippen LogP contribution is 1.91. The van der Waals surface area contributed by atoms with E-state index < -0.39 is 0 Å². The van der Waals surface area contributed by atoms with Crippen LogP contribution in [-0.2, 0) is 9.53 Å². The summed E-state index contributed by atoms with van der Waals surface area (Å²) in [6.45, 7) is 4.00. The Morgan fingerprint density at radius 3 is 2.50 bits per heavy atom. The van der Waals surface area contributed by atoms with Gasteiger partial charge in [-0.15, -0.1) is 0 Å². The first kappa shape index (κ1) is 9.14. The molecule has 10 heavy (non-hydrogen) atoms. The summed E-state index contributed by atoms with van der Waals surface area (Å²) < 4.78 is 4.63. The van der Waals surface area contributed by atoms with Crippen molar-refractivity contribution < 1.29 is 9.53 Å². The normalized spacial score (nSPS) is 9.00. The molecule has 0 spiro atoms. The van der Waals surface area contributed by atoms with E-state index in [-0.39, 0.29) is 12.4 Å². The molecule has 0 aromatic rings. The summed E-state index contributed by atoms with van der Waals surface area (Å²) in [5, 5.41) is 7.15. The van der Waals surface area contributed by atoms with E-state index in [1.165, 1.54) is 0 Å². The molecular weight excluding hydrogens is 130 g/mol. The van der Waals surface area contributed by atoms with Crippen molar-refractivity contribution in [1.82, 2.24) is 0 Å². The number of carbonyl (C=O) groups excluding carboxylic acids is 1. The van der Waals surface area contributed by atoms with Crippen LogP contribution in [0.2, 0.25) is 0 Å². The third kappa shape index (κ3) is 4.06. The van der Waals surface area contributed by atoms with E-state index >= 15 is 0 Å². The number of carbonyl (C=O) groups is 1. The van der Waals surface area contributed by atoms with Gasteiger partial charge >= 0.3 is 5.97 Å². The molecule has 0 aliphatic heterocycles. The smallest absolute Gasteiger partial charge is 0.311 e. The average Bonchev–Trinajstić information content (AvgIpc) is 1.88. The zero-order valence-corrected chi connectivity index (χ0v) is 6.44. The molecule has 0 aliphatic carbocycles. The van der Waals surface area contributed by atoms with Crippen molar-refractivity contribution in [3.05, 3.63) is 0 Å². The SMILES string of the molecule is CCOC(=O)CC(=N)CC. The molecule has 0 atom stereocenters. The lowest BCUT2D eigenvalue weighted by atomic mass is 10.2. The summed E-state index contributed by atoms with van der Waals surface area (Å²) in [7, 11) is 0. The maximum atomic E-state index is 10.6. The lowest BCUT2D eigenvalue weighted by Gasteiger charge is -1.99. The molecule has 0 aromatic heterocycles. The summed E-state index contributed by atoms with van der Waals surface area (Å²) in [5.74, 6) is -0.297. The van der Waals surface area contributed by atoms with E-state index in [0.29, 0.717) is 18.7 Å². The molecule has 0 saturated carbocycles. The van der Waals surface area contributed by atoms with Crippen LogP contribution in [0.4, 0.5) is 0 Å². The first-order chi connectivity index (χ1) is 4.70. The molecule has 0 amide bonds. The maximum Gasteiger partial charge on any atom is 0.311 e. The van der Waals surface area contributed by atoms with Gasteiger partial charge in [0.1, 0.15) is 0 Å². The van der Waals surface area contributed by atoms with Gasteiger partial charge in [0, 0.05) is 5.71 Å². The van der Waals surface area contributed by atoms with Crippen LogP contribution in [0.1, 0.15) is 26.7 Å². The maximum absolute atomic E-state index is 10.6. The minimum atomic E-state index is -0.297. The van der Waals surface area contributed by atoms with Crippen molar-refractivity contribution >= 4 is 11.7 Å². The summed E-state index contributed by atoms with van der Waals surface area (Å²) in [6, 6.07) is 0. The van der Waals surface area contributed by atoms with Crippen molar-refractivity contribution in [1.29, 1.82) is 5.41 Å². The van der Waals surface area contributed by atoms with E-state index in [2.05, 4.69) is 4.74 Å². The molecule has 0 radical (unpaired) electrons. The quantitative estimate of drug-likeness (QED) is 0.477. The van der Waals surface area contributed by atoms with Crippen molar-refractivity contribution in [3.63, 3.8) is 0 Å². The van der Waals surface area contributed by atoms with Crippen LogP contribution in [0, 0.1) is 5.41 Å². The largest absolute Gasteiger partial charge is 0.466 e. The fourth-order valence-corrected chi connectivity index (χ4v) is 0.511. The minimum absolute atomic E-state index is 0.143. The predicted molar refractivity (Wildman–Crippen MR) is 39.3 cm³/mol. The van der Waals surface area contributed by atoms with Gasteiger partial charge in [0.25, 0.3) is 0 Å². The molecule has 0 saturated heterocycles. The Bertz CT molecular complexity index is 132. The number of hydrogen-bond donors (Lipinski definition) is 1. The zero-order chi connectivity index (χ0) is 7.98. The number of esters is 1. The summed E-state index contributed by atoms with van der Waals surface area (Å²) in [6.07, 6.45) is 0.767. The second-order valence-electron chi connectivity index (χ2n) is 1.94. The molecule has 0 rings (SSSR count). The third-order valence-electron chi connectivity index (χ3n) is 1.09. The highest BCUT2D eigenvalue weighted by Gasteiger charge is 2.03. The van der Waals surface area contributed by atoms with Gasteiger partial charge in [-0.05, 0) is 13.3 Å². The van der Waals surface area contributed by atoms with Gasteiger partial charge in [0.05, 0.1) is 13.0 Å². The fourth-order valence-electron chi connectivity index (χ4n) is 0.511. The second kappa shape index (κ2) is 4.97. The highest BCUT2D eigenvalue weighted by atomic mass is 16.5. The molecule has 0 unspecified atom stereocenters. The summed E-state index contributed by atoms with van der Waals surface area (Å²) >= 11 is 0. The molecule has 1 N–H and O–H groups in total. The molecule has 0 aliphatic rings. The Morgan fingerprint density at radius 2 is 2.10 bits per heavy atom. The van der Waals surface area contributed by atoms with Crippen LogP contribution in [0.15, 0.2) is 0 Å². The number of rotatable bonds is 4. The predicted octanol–water partition coefficient (Wildman–Crippen LogP) is 1.37. The van der Waals surface area contributed by atoms with E-state index in [4.69, 9.17) is 5.41 Å². The Balaban J connectivity index is 3.47. The molecule has 58 valence electrons. The number of ether oxygens (including phenoxy) is 1. The van der Waals surface area contributed by atoms with Crippen molar-refractivity contribution in [3.8, 4) is 0 Å². The van der Waals surface area contributed by atoms with E-state index in [1.54, 1.807) is 6.92 Å². The lowest BCUT2D eigenvalue weighted by molar-refractivity contribution is -0.141. The molecule has 0 fully saturated rings. The Morgan fingerprint density at radius 1 is 1.50 bits per heavy atom. The van der Waals surface area contributed by atoms with Crippen LogP contribution >= 0.6 is 0 Å². The monoisotopic (exact) mass is 143 g/mol. The van der Waals surface area contributed by atoms with Gasteiger partial charge in [-0.25, -0.2) is 0 Å². The Labute approximate surface area is 60.9 Å². The summed E-state index contributed by atoms with van der Waals surface area (Å²) in [4.78, 5) is 10.6. The molecule has 3 nitrogen and oxygen atoms in total. The topological polar surface area (TPSA) is 50.2 Å². The molecule has 0 bridgehead atoms. The van der Waals surface area contributed by atoms with Crippen LogP contribution < -0.4 is 0 Å². The molecule has 3 heteroatoms. The van der Waals surface area contributed by atoms with Crippen LogP contribution in [0.3, 0.4) is 0 Å². The average molecular weight is 143 g/mol. The highest BCUT2D eigenvalue weighted by molar-refractivity contribution is 5.96. The van der Waals surface area contributed by atoms with Gasteiger partial charge in [0.15, 0.2) is 0 Å². The lowest BCUT2D eigenvalue weighted by Crippen LogP contribution is -2.09. The van der Waals surface area contributed by atoms with Crippen molar-refractivity contribution in [2.24, 2.45) is 0 Å². The van der Waals surface area contributed by atoms with Crippen molar-refractivity contribution in [2.45, 2.75) is 26.7 Å². The molecule has 0 heterocycles. The first-order valence-electron chi connectivity index (χ1n) is 3.42. The second-order valence-corrected chi connectivity index (χ2v) is 1.94. The first-order valence-corrected chi connectivity index (χ1v) is 3.42. The Kier molecular flexibility index (Phi) is 4.54. The molecular formula is C7H13NO2. The Hall–Kier alpha value is -0.860. The van der Waals surface area contributed by atoms with Crippen LogP contribution in [-0.4, -0.2) is 18.3 Å². The van der Waals surface area contributed by atoms with Crippen LogP contribution in [0.5, 0.6) is 0 Å². The standard InChI is InChI=1S/C7H13NO2/c1-3-6(8)5-7(9)10-4-2/h8H,3-5H2,1-2H3. The summed E-state index contributed by atoms with van der Waals surface area (Å²) in [5.41, 5.74) is 0.429. The van der Waals surface area contributed by atoms with Gasteiger partial charge in [-0.2, -0.15) is 0 Å². The van der Waals surface area contributed by atoms with Gasteiger partial charge in [-0.3, -0.25) is 4.79 Å². The van der Waals surface area contributed by atoms with E-state index in [9.17, 15) is 4.79 Å². The number of nitrogens with one attached hydrogen (secondary N) is 1. The van der Waals surface area contributed by atoms with E-state index in [0.717, 1.165) is 0 Å². The number of hydrogen-bond acceptors (Lipinski definition) is 3. The van der Waals surface area contributed by atoms with E-state index in [1.807, 2.05) is 6.92 Å². The van der Waals surface area contributed by atoms with Gasteiger partial charge < -0.3 is 10.1 Å². The minimum Gasteiger partial charge on any atom is -0.466 e.